The van der Waals surface area contributed by atoms with E-state index in [1.54, 1.807) is 6.20 Å². The number of alkyl halides is 1. The van der Waals surface area contributed by atoms with E-state index in [-0.39, 0.29) is 18.0 Å². The summed E-state index contributed by atoms with van der Waals surface area (Å²) in [7, 11) is 0. The Morgan fingerprint density at radius 1 is 1.40 bits per heavy atom. The summed E-state index contributed by atoms with van der Waals surface area (Å²) in [5, 5.41) is 7.01. The minimum atomic E-state index is -0.471. The van der Waals surface area contributed by atoms with Gasteiger partial charge in [-0.2, -0.15) is 5.10 Å². The van der Waals surface area contributed by atoms with Gasteiger partial charge in [0.1, 0.15) is 6.67 Å². The predicted molar refractivity (Wildman–Crippen MR) is 73.3 cm³/mol. The molecule has 1 aromatic rings. The number of aromatic nitrogens is 2. The topological polar surface area (TPSA) is 50.2 Å². The van der Waals surface area contributed by atoms with Crippen molar-refractivity contribution in [2.75, 3.05) is 26.3 Å². The number of rotatable bonds is 5. The Bertz CT molecular complexity index is 477. The molecule has 20 heavy (non-hydrogen) atoms. The number of nitrogens with one attached hydrogen (secondary N) is 1. The highest BCUT2D eigenvalue weighted by molar-refractivity contribution is 5.93. The van der Waals surface area contributed by atoms with E-state index in [9.17, 15) is 9.18 Å². The number of aryl methyl sites for hydroxylation is 1. The molecule has 0 bridgehead atoms. The number of carbonyl (C=O) groups is 1. The number of nitrogens with zero attached hydrogens (tertiary/aromatic N) is 3. The molecule has 0 aliphatic carbocycles. The standard InChI is InChI=1S/C14H21FN4O/c15-5-8-19-10-12(9-17-19)13(20)16-11-14-3-1-6-18(14)7-2-4-14/h9-10H,1-8,11H2,(H,16,20). The Morgan fingerprint density at radius 3 is 2.85 bits per heavy atom. The number of amides is 1. The van der Waals surface area contributed by atoms with Crippen LogP contribution in [0.15, 0.2) is 12.4 Å². The van der Waals surface area contributed by atoms with Crippen LogP contribution < -0.4 is 5.32 Å². The maximum Gasteiger partial charge on any atom is 0.254 e. The first-order chi connectivity index (χ1) is 9.73. The quantitative estimate of drug-likeness (QED) is 0.882. The molecule has 0 aromatic carbocycles. The Balaban J connectivity index is 1.58. The van der Waals surface area contributed by atoms with E-state index in [1.807, 2.05) is 0 Å². The van der Waals surface area contributed by atoms with Crippen LogP contribution in [0.1, 0.15) is 36.0 Å². The number of halogens is 1. The highest BCUT2D eigenvalue weighted by Crippen LogP contribution is 2.38. The summed E-state index contributed by atoms with van der Waals surface area (Å²) in [6.07, 6.45) is 7.91. The van der Waals surface area contributed by atoms with Crippen LogP contribution in [-0.4, -0.2) is 52.4 Å². The van der Waals surface area contributed by atoms with Gasteiger partial charge in [-0.15, -0.1) is 0 Å². The molecular weight excluding hydrogens is 259 g/mol. The van der Waals surface area contributed by atoms with Gasteiger partial charge >= 0.3 is 0 Å². The lowest BCUT2D eigenvalue weighted by molar-refractivity contribution is 0.0919. The molecule has 0 atom stereocenters. The van der Waals surface area contributed by atoms with Gasteiger partial charge in [-0.3, -0.25) is 14.4 Å². The van der Waals surface area contributed by atoms with Gasteiger partial charge in [0.05, 0.1) is 18.3 Å². The number of hydrogen-bond donors (Lipinski definition) is 1. The monoisotopic (exact) mass is 280 g/mol. The van der Waals surface area contributed by atoms with Gasteiger partial charge in [0.15, 0.2) is 0 Å². The van der Waals surface area contributed by atoms with Crippen molar-refractivity contribution in [3.8, 4) is 0 Å². The zero-order valence-corrected chi connectivity index (χ0v) is 11.6. The van der Waals surface area contributed by atoms with Crippen molar-refractivity contribution in [3.05, 3.63) is 18.0 Å². The molecule has 2 aliphatic heterocycles. The molecule has 0 saturated carbocycles. The van der Waals surface area contributed by atoms with Crippen LogP contribution in [-0.2, 0) is 6.54 Å². The summed E-state index contributed by atoms with van der Waals surface area (Å²) in [6.45, 7) is 2.75. The van der Waals surface area contributed by atoms with Gasteiger partial charge in [0.2, 0.25) is 0 Å². The molecule has 2 aliphatic rings. The third kappa shape index (κ3) is 2.44. The fourth-order valence-electron chi connectivity index (χ4n) is 3.55. The largest absolute Gasteiger partial charge is 0.350 e. The van der Waals surface area contributed by atoms with E-state index in [4.69, 9.17) is 0 Å². The van der Waals surface area contributed by atoms with Crippen LogP contribution in [0, 0.1) is 0 Å². The molecule has 5 nitrogen and oxygen atoms in total. The molecule has 2 saturated heterocycles. The first-order valence-electron chi connectivity index (χ1n) is 7.35. The minimum Gasteiger partial charge on any atom is -0.350 e. The van der Waals surface area contributed by atoms with Crippen LogP contribution in [0.5, 0.6) is 0 Å². The van der Waals surface area contributed by atoms with Gasteiger partial charge < -0.3 is 5.32 Å². The van der Waals surface area contributed by atoms with Crippen LogP contribution in [0.3, 0.4) is 0 Å². The highest BCUT2D eigenvalue weighted by atomic mass is 19.1. The molecule has 1 N–H and O–H groups in total. The molecule has 0 unspecified atom stereocenters. The van der Waals surface area contributed by atoms with Crippen molar-refractivity contribution in [2.24, 2.45) is 0 Å². The van der Waals surface area contributed by atoms with E-state index in [0.29, 0.717) is 12.1 Å². The third-order valence-corrected chi connectivity index (χ3v) is 4.60. The molecule has 3 rings (SSSR count). The van der Waals surface area contributed by atoms with Crippen molar-refractivity contribution in [1.29, 1.82) is 0 Å². The first-order valence-corrected chi connectivity index (χ1v) is 7.35. The summed E-state index contributed by atoms with van der Waals surface area (Å²) in [5.41, 5.74) is 0.697. The van der Waals surface area contributed by atoms with Crippen LogP contribution in [0.25, 0.3) is 0 Å². The first kappa shape index (κ1) is 13.5. The summed E-state index contributed by atoms with van der Waals surface area (Å²) in [5.74, 6) is -0.108. The molecule has 1 aromatic heterocycles. The van der Waals surface area contributed by atoms with Crippen molar-refractivity contribution in [3.63, 3.8) is 0 Å². The Kier molecular flexibility index (Phi) is 3.74. The van der Waals surface area contributed by atoms with E-state index in [0.717, 1.165) is 13.1 Å². The smallest absolute Gasteiger partial charge is 0.254 e. The molecule has 2 fully saturated rings. The van der Waals surface area contributed by atoms with Gasteiger partial charge in [-0.05, 0) is 38.8 Å². The Morgan fingerprint density at radius 2 is 2.15 bits per heavy atom. The second kappa shape index (κ2) is 5.52. The normalized spacial score (nSPS) is 21.1. The minimum absolute atomic E-state index is 0.108. The Labute approximate surface area is 118 Å². The maximum absolute atomic E-state index is 12.2. The molecule has 0 radical (unpaired) electrons. The lowest BCUT2D eigenvalue weighted by Crippen LogP contribution is -2.48. The Hall–Kier alpha value is -1.43. The second-order valence-electron chi connectivity index (χ2n) is 5.78. The summed E-state index contributed by atoms with van der Waals surface area (Å²) >= 11 is 0. The van der Waals surface area contributed by atoms with Gasteiger partial charge in [-0.1, -0.05) is 0 Å². The predicted octanol–water partition coefficient (Wildman–Crippen LogP) is 1.21. The zero-order chi connectivity index (χ0) is 14.0. The van der Waals surface area contributed by atoms with Crippen molar-refractivity contribution in [1.82, 2.24) is 20.0 Å². The number of fused-ring (bicyclic) bond motifs is 1. The molecule has 3 heterocycles. The number of hydrogen-bond acceptors (Lipinski definition) is 3. The lowest BCUT2D eigenvalue weighted by Gasteiger charge is -2.32. The summed E-state index contributed by atoms with van der Waals surface area (Å²) < 4.78 is 13.7. The molecule has 0 spiro atoms. The fourth-order valence-corrected chi connectivity index (χ4v) is 3.55. The van der Waals surface area contributed by atoms with Gasteiger partial charge in [-0.25, -0.2) is 4.39 Å². The average Bonchev–Trinajstić information content (AvgIpc) is 3.10. The van der Waals surface area contributed by atoms with Crippen molar-refractivity contribution >= 4 is 5.91 Å². The van der Waals surface area contributed by atoms with E-state index >= 15 is 0 Å². The van der Waals surface area contributed by atoms with Gasteiger partial charge in [0.25, 0.3) is 5.91 Å². The van der Waals surface area contributed by atoms with Crippen LogP contribution >= 0.6 is 0 Å². The number of carbonyl (C=O) groups excluding carboxylic acids is 1. The van der Waals surface area contributed by atoms with Crippen LogP contribution in [0.4, 0.5) is 4.39 Å². The average molecular weight is 280 g/mol. The summed E-state index contributed by atoms with van der Waals surface area (Å²) in [6, 6.07) is 0. The fraction of sp³-hybridized carbons (Fsp3) is 0.714. The SMILES string of the molecule is O=C(NCC12CCCN1CCC2)c1cnn(CCF)c1. The third-order valence-electron chi connectivity index (χ3n) is 4.60. The highest BCUT2D eigenvalue weighted by Gasteiger charge is 2.44. The molecule has 6 heteroatoms. The second-order valence-corrected chi connectivity index (χ2v) is 5.78. The summed E-state index contributed by atoms with van der Waals surface area (Å²) in [4.78, 5) is 14.6. The van der Waals surface area contributed by atoms with Crippen LogP contribution in [0.2, 0.25) is 0 Å². The lowest BCUT2D eigenvalue weighted by atomic mass is 9.94. The van der Waals surface area contributed by atoms with E-state index in [2.05, 4.69) is 15.3 Å². The van der Waals surface area contributed by atoms with Gasteiger partial charge in [0, 0.05) is 18.3 Å². The molecular formula is C14H21FN4O. The van der Waals surface area contributed by atoms with E-state index in [1.165, 1.54) is 36.6 Å². The zero-order valence-electron chi connectivity index (χ0n) is 11.6. The van der Waals surface area contributed by atoms with E-state index < -0.39 is 6.67 Å². The molecule has 110 valence electrons. The van der Waals surface area contributed by atoms with Crippen molar-refractivity contribution in [2.45, 2.75) is 37.8 Å². The van der Waals surface area contributed by atoms with Crippen molar-refractivity contribution < 1.29 is 9.18 Å². The molecule has 1 amide bonds. The maximum atomic E-state index is 12.2.